The van der Waals surface area contributed by atoms with Crippen molar-refractivity contribution in [1.29, 1.82) is 0 Å². The number of sulfonamides is 1. The van der Waals surface area contributed by atoms with Gasteiger partial charge in [-0.1, -0.05) is 12.1 Å². The first-order valence-electron chi connectivity index (χ1n) is 4.66. The molecule has 0 heterocycles. The standard InChI is InChI=1S/C9H12N4O4S/c1-17-8(14)6-4-2-3-5-7(6)18(15,16)13-12-9(10)11/h2-5,13H,1H3,(H4,10,11,12). The molecule has 1 aromatic rings. The molecule has 5 N–H and O–H groups in total. The van der Waals surface area contributed by atoms with Crippen molar-refractivity contribution in [2.75, 3.05) is 7.11 Å². The molecule has 0 radical (unpaired) electrons. The highest BCUT2D eigenvalue weighted by atomic mass is 32.2. The zero-order valence-corrected chi connectivity index (χ0v) is 10.3. The van der Waals surface area contributed by atoms with E-state index in [1.165, 1.54) is 24.3 Å². The van der Waals surface area contributed by atoms with Gasteiger partial charge in [0, 0.05) is 0 Å². The van der Waals surface area contributed by atoms with Crippen LogP contribution in [-0.2, 0) is 14.8 Å². The average Bonchev–Trinajstić information content (AvgIpc) is 2.35. The predicted octanol–water partition coefficient (Wildman–Crippen LogP) is -1.06. The summed E-state index contributed by atoms with van der Waals surface area (Å²) in [5.74, 6) is -1.23. The Hall–Kier alpha value is -2.29. The Morgan fingerprint density at radius 2 is 1.94 bits per heavy atom. The lowest BCUT2D eigenvalue weighted by Gasteiger charge is -2.08. The summed E-state index contributed by atoms with van der Waals surface area (Å²) in [6, 6.07) is 5.51. The van der Waals surface area contributed by atoms with Crippen molar-refractivity contribution in [3.8, 4) is 0 Å². The number of benzene rings is 1. The van der Waals surface area contributed by atoms with E-state index in [-0.39, 0.29) is 10.5 Å². The predicted molar refractivity (Wildman–Crippen MR) is 63.9 cm³/mol. The zero-order valence-electron chi connectivity index (χ0n) is 9.45. The maximum Gasteiger partial charge on any atom is 0.339 e. The monoisotopic (exact) mass is 272 g/mol. The maximum atomic E-state index is 11.8. The van der Waals surface area contributed by atoms with Crippen LogP contribution in [0, 0.1) is 0 Å². The Bertz CT molecular complexity index is 578. The molecule has 1 rings (SSSR count). The number of hydrazone groups is 1. The average molecular weight is 272 g/mol. The van der Waals surface area contributed by atoms with E-state index < -0.39 is 22.0 Å². The minimum Gasteiger partial charge on any atom is -0.465 e. The number of methoxy groups -OCH3 is 1. The molecule has 0 aliphatic heterocycles. The molecule has 0 fully saturated rings. The molecular formula is C9H12N4O4S. The number of carbonyl (C=O) groups is 1. The van der Waals surface area contributed by atoms with Gasteiger partial charge in [-0.3, -0.25) is 0 Å². The third kappa shape index (κ3) is 3.10. The van der Waals surface area contributed by atoms with E-state index in [2.05, 4.69) is 9.84 Å². The van der Waals surface area contributed by atoms with Gasteiger partial charge in [-0.2, -0.15) is 13.2 Å². The molecule has 0 atom stereocenters. The summed E-state index contributed by atoms with van der Waals surface area (Å²) in [6.45, 7) is 0. The molecule has 0 unspecified atom stereocenters. The second-order valence-electron chi connectivity index (χ2n) is 3.12. The molecule has 18 heavy (non-hydrogen) atoms. The number of guanidine groups is 1. The number of ether oxygens (including phenoxy) is 1. The van der Waals surface area contributed by atoms with E-state index in [0.717, 1.165) is 7.11 Å². The van der Waals surface area contributed by atoms with Crippen LogP contribution in [0.3, 0.4) is 0 Å². The van der Waals surface area contributed by atoms with Crippen molar-refractivity contribution in [3.63, 3.8) is 0 Å². The van der Waals surface area contributed by atoms with Crippen LogP contribution in [-0.4, -0.2) is 27.5 Å². The summed E-state index contributed by atoms with van der Waals surface area (Å²) in [5.41, 5.74) is 9.91. The lowest BCUT2D eigenvalue weighted by Crippen LogP contribution is -2.29. The Labute approximate surface area is 104 Å². The Balaban J connectivity index is 3.25. The fourth-order valence-corrected chi connectivity index (χ4v) is 2.16. The normalized spacial score (nSPS) is 10.5. The number of hydrogen-bond acceptors (Lipinski definition) is 5. The highest BCUT2D eigenvalue weighted by Crippen LogP contribution is 2.15. The van der Waals surface area contributed by atoms with Crippen LogP contribution < -0.4 is 16.3 Å². The third-order valence-electron chi connectivity index (χ3n) is 1.88. The second-order valence-corrected chi connectivity index (χ2v) is 4.75. The summed E-state index contributed by atoms with van der Waals surface area (Å²) >= 11 is 0. The third-order valence-corrected chi connectivity index (χ3v) is 3.14. The molecule has 9 heteroatoms. The van der Waals surface area contributed by atoms with E-state index in [0.29, 0.717) is 0 Å². The van der Waals surface area contributed by atoms with Gasteiger partial charge in [0.25, 0.3) is 10.0 Å². The molecule has 0 saturated carbocycles. The molecule has 1 aromatic carbocycles. The summed E-state index contributed by atoms with van der Waals surface area (Å²) in [5, 5.41) is 3.18. The lowest BCUT2D eigenvalue weighted by atomic mass is 10.2. The van der Waals surface area contributed by atoms with Crippen molar-refractivity contribution in [2.45, 2.75) is 4.90 Å². The summed E-state index contributed by atoms with van der Waals surface area (Å²) in [6.07, 6.45) is 0. The molecule has 0 saturated heterocycles. The van der Waals surface area contributed by atoms with Gasteiger partial charge >= 0.3 is 5.97 Å². The van der Waals surface area contributed by atoms with Crippen molar-refractivity contribution >= 4 is 22.0 Å². The number of nitrogens with two attached hydrogens (primary N) is 2. The van der Waals surface area contributed by atoms with Gasteiger partial charge in [-0.25, -0.2) is 4.79 Å². The van der Waals surface area contributed by atoms with Gasteiger partial charge in [0.05, 0.1) is 12.7 Å². The van der Waals surface area contributed by atoms with Crippen LogP contribution in [0.2, 0.25) is 0 Å². The summed E-state index contributed by atoms with van der Waals surface area (Å²) in [4.78, 5) is 12.9. The first-order valence-corrected chi connectivity index (χ1v) is 6.14. The van der Waals surface area contributed by atoms with Gasteiger partial charge in [-0.15, -0.1) is 5.10 Å². The molecule has 0 aliphatic rings. The first kappa shape index (κ1) is 13.8. The van der Waals surface area contributed by atoms with E-state index in [9.17, 15) is 13.2 Å². The number of nitrogens with zero attached hydrogens (tertiary/aromatic N) is 1. The van der Waals surface area contributed by atoms with E-state index in [4.69, 9.17) is 11.5 Å². The van der Waals surface area contributed by atoms with Crippen molar-refractivity contribution in [2.24, 2.45) is 16.6 Å². The van der Waals surface area contributed by atoms with Crippen LogP contribution in [0.15, 0.2) is 34.3 Å². The second kappa shape index (κ2) is 5.36. The number of carbonyl (C=O) groups excluding carboxylic acids is 1. The number of hydrogen-bond donors (Lipinski definition) is 3. The molecule has 8 nitrogen and oxygen atoms in total. The highest BCUT2D eigenvalue weighted by Gasteiger charge is 2.22. The molecule has 0 bridgehead atoms. The zero-order chi connectivity index (χ0) is 13.8. The van der Waals surface area contributed by atoms with Gasteiger partial charge in [0.1, 0.15) is 4.90 Å². The maximum absolute atomic E-state index is 11.8. The molecule has 0 aromatic heterocycles. The first-order chi connectivity index (χ1) is 8.38. The van der Waals surface area contributed by atoms with Crippen LogP contribution in [0.1, 0.15) is 10.4 Å². The minimum absolute atomic E-state index is 0.113. The Morgan fingerprint density at radius 3 is 2.50 bits per heavy atom. The van der Waals surface area contributed by atoms with E-state index in [1.807, 2.05) is 0 Å². The molecule has 0 spiro atoms. The molecule has 0 amide bonds. The van der Waals surface area contributed by atoms with Crippen LogP contribution >= 0.6 is 0 Å². The lowest BCUT2D eigenvalue weighted by molar-refractivity contribution is 0.0596. The largest absolute Gasteiger partial charge is 0.465 e. The Morgan fingerprint density at radius 1 is 1.33 bits per heavy atom. The smallest absolute Gasteiger partial charge is 0.339 e. The fourth-order valence-electron chi connectivity index (χ4n) is 1.14. The van der Waals surface area contributed by atoms with Crippen molar-refractivity contribution in [3.05, 3.63) is 29.8 Å². The SMILES string of the molecule is COC(=O)c1ccccc1S(=O)(=O)NN=C(N)N. The quantitative estimate of drug-likeness (QED) is 0.276. The van der Waals surface area contributed by atoms with Gasteiger partial charge in [0.2, 0.25) is 5.96 Å². The summed E-state index contributed by atoms with van der Waals surface area (Å²) < 4.78 is 28.2. The number of rotatable bonds is 4. The number of esters is 1. The summed E-state index contributed by atoms with van der Waals surface area (Å²) in [7, 11) is -2.89. The number of nitrogens with one attached hydrogen (secondary N) is 1. The minimum atomic E-state index is -4.04. The van der Waals surface area contributed by atoms with Crippen molar-refractivity contribution in [1.82, 2.24) is 4.83 Å². The van der Waals surface area contributed by atoms with Crippen molar-refractivity contribution < 1.29 is 17.9 Å². The van der Waals surface area contributed by atoms with Crippen LogP contribution in [0.4, 0.5) is 0 Å². The van der Waals surface area contributed by atoms with E-state index >= 15 is 0 Å². The Kier molecular flexibility index (Phi) is 4.10. The molecule has 98 valence electrons. The molecular weight excluding hydrogens is 260 g/mol. The van der Waals surface area contributed by atoms with Gasteiger partial charge in [-0.05, 0) is 12.1 Å². The fraction of sp³-hybridized carbons (Fsp3) is 0.111. The highest BCUT2D eigenvalue weighted by molar-refractivity contribution is 7.89. The topological polar surface area (TPSA) is 137 Å². The van der Waals surface area contributed by atoms with Crippen LogP contribution in [0.5, 0.6) is 0 Å². The van der Waals surface area contributed by atoms with Crippen LogP contribution in [0.25, 0.3) is 0 Å². The van der Waals surface area contributed by atoms with Gasteiger partial charge in [0.15, 0.2) is 0 Å². The molecule has 0 aliphatic carbocycles. The van der Waals surface area contributed by atoms with Gasteiger partial charge < -0.3 is 16.2 Å². The van der Waals surface area contributed by atoms with E-state index in [1.54, 1.807) is 4.83 Å².